The lowest BCUT2D eigenvalue weighted by Crippen LogP contribution is -2.15. The summed E-state index contributed by atoms with van der Waals surface area (Å²) in [6.45, 7) is 6.80. The molecule has 16 nitrogen and oxygen atoms in total. The van der Waals surface area contributed by atoms with Gasteiger partial charge in [-0.3, -0.25) is 10.1 Å². The molecule has 0 aliphatic heterocycles. The SMILES string of the molecule is C=CC(=O)OCCCCCCCCCOc1ccccc1.CCCCCCCCOc1cc(N)c(-c2ccc(C(=O)OCCCOC(=O)c3cc(C(=O)O)ccc3C(=O)O)cc2)cc1[N+](=O)[O-]. The minimum Gasteiger partial charge on any atom is -0.494 e. The summed E-state index contributed by atoms with van der Waals surface area (Å²) in [5, 5.41) is 30.1. The van der Waals surface area contributed by atoms with E-state index < -0.39 is 39.9 Å². The first kappa shape index (κ1) is 54.1. The van der Waals surface area contributed by atoms with Crippen LogP contribution in [0.1, 0.15) is 138 Å². The number of carbonyl (C=O) groups excluding carboxylic acids is 3. The van der Waals surface area contributed by atoms with Crippen LogP contribution in [0.25, 0.3) is 11.1 Å². The lowest BCUT2D eigenvalue weighted by Gasteiger charge is -2.12. The van der Waals surface area contributed by atoms with Crippen LogP contribution in [0.15, 0.2) is 97.6 Å². The number of nitrogens with two attached hydrogens (primary N) is 1. The van der Waals surface area contributed by atoms with Crippen LogP contribution in [0.4, 0.5) is 11.4 Å². The molecule has 0 fully saturated rings. The number of ether oxygens (including phenoxy) is 5. The second-order valence-corrected chi connectivity index (χ2v) is 15.4. The Morgan fingerprint density at radius 3 is 1.75 bits per heavy atom. The number of benzene rings is 4. The maximum absolute atomic E-state index is 12.5. The zero-order valence-electron chi connectivity index (χ0n) is 38.1. The fourth-order valence-corrected chi connectivity index (χ4v) is 6.55. The van der Waals surface area contributed by atoms with Crippen molar-refractivity contribution in [2.75, 3.05) is 38.8 Å². The maximum atomic E-state index is 12.5. The van der Waals surface area contributed by atoms with E-state index in [1.54, 1.807) is 12.1 Å². The summed E-state index contributed by atoms with van der Waals surface area (Å²) in [6, 6.07) is 21.8. The van der Waals surface area contributed by atoms with E-state index in [9.17, 15) is 39.2 Å². The predicted octanol–water partition coefficient (Wildman–Crippen LogP) is 10.9. The number of hydrogen-bond acceptors (Lipinski definition) is 13. The van der Waals surface area contributed by atoms with E-state index in [4.69, 9.17) is 34.5 Å². The highest BCUT2D eigenvalue weighted by Crippen LogP contribution is 2.37. The number of nitrogens with zero attached hydrogens (tertiary/aromatic N) is 1. The molecule has 0 aliphatic rings. The molecule has 0 bridgehead atoms. The molecule has 360 valence electrons. The minimum absolute atomic E-state index is 0.0874. The Balaban J connectivity index is 0.000000473. The van der Waals surface area contributed by atoms with Crippen molar-refractivity contribution >= 4 is 41.2 Å². The summed E-state index contributed by atoms with van der Waals surface area (Å²) in [7, 11) is 0. The van der Waals surface area contributed by atoms with Crippen molar-refractivity contribution in [1.82, 2.24) is 0 Å². The number of para-hydroxylation sites is 1. The van der Waals surface area contributed by atoms with Gasteiger partial charge < -0.3 is 39.6 Å². The summed E-state index contributed by atoms with van der Waals surface area (Å²) in [5.41, 5.74) is 6.33. The smallest absolute Gasteiger partial charge is 0.339 e. The number of nitro groups is 1. The quantitative estimate of drug-likeness (QED) is 0.00838. The third kappa shape index (κ3) is 20.2. The van der Waals surface area contributed by atoms with E-state index in [1.165, 1.54) is 62.4 Å². The molecule has 0 saturated heterocycles. The lowest BCUT2D eigenvalue weighted by molar-refractivity contribution is -0.385. The number of hydrogen-bond donors (Lipinski definition) is 3. The minimum atomic E-state index is -1.42. The third-order valence-corrected chi connectivity index (χ3v) is 10.2. The normalized spacial score (nSPS) is 10.5. The van der Waals surface area contributed by atoms with Gasteiger partial charge in [0.15, 0.2) is 5.75 Å². The Morgan fingerprint density at radius 2 is 1.16 bits per heavy atom. The van der Waals surface area contributed by atoms with Gasteiger partial charge in [0.2, 0.25) is 0 Å². The van der Waals surface area contributed by atoms with Gasteiger partial charge in [0.25, 0.3) is 0 Å². The molecule has 0 radical (unpaired) electrons. The summed E-state index contributed by atoms with van der Waals surface area (Å²) < 4.78 is 26.5. The Morgan fingerprint density at radius 1 is 0.612 bits per heavy atom. The summed E-state index contributed by atoms with van der Waals surface area (Å²) in [6.07, 6.45) is 15.7. The molecule has 0 amide bonds. The molecular formula is C51H62N2O14. The largest absolute Gasteiger partial charge is 0.494 e. The summed E-state index contributed by atoms with van der Waals surface area (Å²) in [5.74, 6) is -3.73. The van der Waals surface area contributed by atoms with E-state index in [-0.39, 0.29) is 53.9 Å². The number of carboxylic acids is 2. The van der Waals surface area contributed by atoms with Crippen LogP contribution < -0.4 is 15.2 Å². The summed E-state index contributed by atoms with van der Waals surface area (Å²) in [4.78, 5) is 69.5. The van der Waals surface area contributed by atoms with Gasteiger partial charge >= 0.3 is 35.5 Å². The number of nitro benzene ring substituents is 1. The van der Waals surface area contributed by atoms with Gasteiger partial charge in [-0.2, -0.15) is 0 Å². The van der Waals surface area contributed by atoms with E-state index >= 15 is 0 Å². The molecule has 0 aliphatic carbocycles. The Kier molecular flexibility index (Phi) is 24.9. The standard InChI is InChI=1S/C33H36N2O11.C18H26O3/c1-2-3-4-5-6-7-15-44-29-20-27(34)25(19-28(29)35(42)43)21-9-11-22(12-10-21)32(40)45-16-8-17-46-33(41)26-18-23(30(36)37)13-14-24(26)31(38)39;1-2-18(19)21-16-12-7-5-3-4-6-11-15-20-17-13-9-8-10-14-17/h9-14,18-20H,2-8,15-17,34H2,1H3,(H,36,37)(H,38,39);2,8-10,13-14H,1,3-7,11-12,15-16H2. The van der Waals surface area contributed by atoms with Crippen LogP contribution in [0.5, 0.6) is 11.5 Å². The average Bonchev–Trinajstić information content (AvgIpc) is 3.32. The highest BCUT2D eigenvalue weighted by atomic mass is 16.6. The van der Waals surface area contributed by atoms with Crippen molar-refractivity contribution < 1.29 is 62.8 Å². The molecule has 4 aromatic rings. The molecule has 4 N–H and O–H groups in total. The average molecular weight is 927 g/mol. The van der Waals surface area contributed by atoms with Gasteiger partial charge in [0, 0.05) is 35.9 Å². The first-order valence-electron chi connectivity index (χ1n) is 22.6. The first-order chi connectivity index (χ1) is 32.4. The topological polar surface area (TPSA) is 241 Å². The Bertz CT molecular complexity index is 2210. The number of carbonyl (C=O) groups is 5. The van der Waals surface area contributed by atoms with Crippen LogP contribution in [0.2, 0.25) is 0 Å². The van der Waals surface area contributed by atoms with Crippen LogP contribution in [-0.4, -0.2) is 78.0 Å². The molecule has 0 unspecified atom stereocenters. The fraction of sp³-hybridized carbons (Fsp3) is 0.392. The van der Waals surface area contributed by atoms with Crippen molar-refractivity contribution in [3.8, 4) is 22.6 Å². The molecule has 0 atom stereocenters. The molecule has 4 aromatic carbocycles. The van der Waals surface area contributed by atoms with E-state index in [2.05, 4.69) is 13.5 Å². The van der Waals surface area contributed by atoms with Crippen LogP contribution in [-0.2, 0) is 19.0 Å². The number of aromatic carboxylic acids is 2. The number of esters is 3. The van der Waals surface area contributed by atoms with Crippen LogP contribution in [0.3, 0.4) is 0 Å². The molecule has 67 heavy (non-hydrogen) atoms. The van der Waals surface area contributed by atoms with Crippen LogP contribution in [0, 0.1) is 10.1 Å². The highest BCUT2D eigenvalue weighted by Gasteiger charge is 2.22. The highest BCUT2D eigenvalue weighted by molar-refractivity contribution is 6.04. The predicted molar refractivity (Wildman–Crippen MR) is 253 cm³/mol. The van der Waals surface area contributed by atoms with Crippen molar-refractivity contribution in [2.45, 2.75) is 96.8 Å². The van der Waals surface area contributed by atoms with Gasteiger partial charge in [0.05, 0.1) is 60.2 Å². The van der Waals surface area contributed by atoms with Gasteiger partial charge in [-0.15, -0.1) is 0 Å². The van der Waals surface area contributed by atoms with Crippen molar-refractivity contribution in [3.63, 3.8) is 0 Å². The lowest BCUT2D eigenvalue weighted by atomic mass is 10.0. The molecule has 0 aromatic heterocycles. The van der Waals surface area contributed by atoms with E-state index in [0.717, 1.165) is 81.9 Å². The molecule has 16 heteroatoms. The third-order valence-electron chi connectivity index (χ3n) is 10.2. The zero-order valence-corrected chi connectivity index (χ0v) is 38.1. The number of carboxylic acid groups (broad SMARTS) is 2. The fourth-order valence-electron chi connectivity index (χ4n) is 6.55. The number of rotatable bonds is 30. The second-order valence-electron chi connectivity index (χ2n) is 15.4. The van der Waals surface area contributed by atoms with Gasteiger partial charge in [-0.1, -0.05) is 108 Å². The first-order valence-corrected chi connectivity index (χ1v) is 22.6. The Hall–Kier alpha value is -7.23. The molecular weight excluding hydrogens is 865 g/mol. The Labute approximate surface area is 391 Å². The van der Waals surface area contributed by atoms with Gasteiger partial charge in [-0.25, -0.2) is 24.0 Å². The summed E-state index contributed by atoms with van der Waals surface area (Å²) >= 11 is 0. The van der Waals surface area contributed by atoms with E-state index in [1.807, 2.05) is 30.3 Å². The van der Waals surface area contributed by atoms with Crippen molar-refractivity contribution in [1.29, 1.82) is 0 Å². The van der Waals surface area contributed by atoms with E-state index in [0.29, 0.717) is 24.3 Å². The van der Waals surface area contributed by atoms with Crippen molar-refractivity contribution in [2.24, 2.45) is 0 Å². The number of nitrogen functional groups attached to an aromatic ring is 1. The second kappa shape index (κ2) is 30.8. The van der Waals surface area contributed by atoms with Gasteiger partial charge in [0.1, 0.15) is 5.75 Å². The number of unbranched alkanes of at least 4 members (excludes halogenated alkanes) is 11. The molecule has 0 saturated carbocycles. The number of anilines is 1. The monoisotopic (exact) mass is 926 g/mol. The molecule has 0 spiro atoms. The zero-order chi connectivity index (χ0) is 48.8. The van der Waals surface area contributed by atoms with Crippen LogP contribution >= 0.6 is 0 Å². The molecule has 4 rings (SSSR count). The van der Waals surface area contributed by atoms with Crippen molar-refractivity contribution in [3.05, 3.63) is 130 Å². The molecule has 0 heterocycles. The van der Waals surface area contributed by atoms with Gasteiger partial charge in [-0.05, 0) is 67.3 Å². The maximum Gasteiger partial charge on any atom is 0.339 e.